The summed E-state index contributed by atoms with van der Waals surface area (Å²) in [5.41, 5.74) is 7.13. The summed E-state index contributed by atoms with van der Waals surface area (Å²) in [5.74, 6) is 2.49. The molecule has 0 aliphatic carbocycles. The molecular formula is C27H42N6O2. The Kier molecular flexibility index (Phi) is 12.0. The fraction of sp³-hybridized carbons (Fsp3) is 0.519. The highest BCUT2D eigenvalue weighted by Crippen LogP contribution is 2.33. The molecule has 3 rings (SSSR count). The Bertz CT molecular complexity index is 937. The van der Waals surface area contributed by atoms with Gasteiger partial charge in [0.15, 0.2) is 5.82 Å². The quantitative estimate of drug-likeness (QED) is 0.448. The van der Waals surface area contributed by atoms with Crippen LogP contribution in [0.4, 0.5) is 23.0 Å². The van der Waals surface area contributed by atoms with Crippen LogP contribution in [-0.2, 0) is 4.74 Å². The van der Waals surface area contributed by atoms with E-state index >= 15 is 0 Å². The zero-order valence-electron chi connectivity index (χ0n) is 22.0. The van der Waals surface area contributed by atoms with Crippen molar-refractivity contribution in [2.75, 3.05) is 55.0 Å². The number of nitrogens with one attached hydrogen (secondary N) is 1. The number of unbranched alkanes of at least 4 members (excludes halogenated alkanes) is 2. The number of rotatable bonds is 10. The van der Waals surface area contributed by atoms with Gasteiger partial charge in [-0.25, -0.2) is 14.8 Å². The normalized spacial score (nSPS) is 12.2. The van der Waals surface area contributed by atoms with E-state index in [4.69, 9.17) is 20.4 Å². The van der Waals surface area contributed by atoms with Gasteiger partial charge in [-0.3, -0.25) is 0 Å². The minimum atomic E-state index is -0.341. The molecule has 0 saturated carbocycles. The van der Waals surface area contributed by atoms with Crippen LogP contribution in [0.2, 0.25) is 0 Å². The highest BCUT2D eigenvalue weighted by Gasteiger charge is 2.22. The fourth-order valence-electron chi connectivity index (χ4n) is 3.71. The standard InChI is InChI=1S/C25H35N5O2.C2H7N/c1-5-8-16-30(17-9-6-2)23-15-14-21-24(28-23)29(7-3)18-22(27-21)26-20-12-10-19(11-13-20)25(31)32-4;1-2-3/h10-15H,5-9,16-18H2,1-4H3,(H,26,27);2-3H2,1H3. The zero-order chi connectivity index (χ0) is 25.6. The minimum Gasteiger partial charge on any atom is -0.465 e. The van der Waals surface area contributed by atoms with Crippen molar-refractivity contribution in [3.05, 3.63) is 42.0 Å². The van der Waals surface area contributed by atoms with Gasteiger partial charge in [-0.2, -0.15) is 0 Å². The number of hydrogen-bond acceptors (Lipinski definition) is 8. The molecule has 0 unspecified atom stereocenters. The third kappa shape index (κ3) is 8.24. The van der Waals surface area contributed by atoms with Crippen molar-refractivity contribution in [3.63, 3.8) is 0 Å². The van der Waals surface area contributed by atoms with Gasteiger partial charge in [-0.1, -0.05) is 33.6 Å². The molecule has 0 saturated heterocycles. The molecule has 35 heavy (non-hydrogen) atoms. The van der Waals surface area contributed by atoms with Gasteiger partial charge in [0, 0.05) is 25.3 Å². The average molecular weight is 483 g/mol. The van der Waals surface area contributed by atoms with Crippen molar-refractivity contribution in [2.24, 2.45) is 10.7 Å². The molecule has 8 heteroatoms. The van der Waals surface area contributed by atoms with Crippen LogP contribution in [0.1, 0.15) is 63.7 Å². The molecule has 1 aliphatic heterocycles. The first-order valence-electron chi connectivity index (χ1n) is 12.7. The molecule has 1 aliphatic rings. The number of nitrogens with zero attached hydrogens (tertiary/aromatic N) is 4. The number of nitrogens with two attached hydrogens (primary N) is 1. The number of aromatic nitrogens is 1. The number of amidine groups is 1. The van der Waals surface area contributed by atoms with Crippen LogP contribution in [0.15, 0.2) is 41.4 Å². The molecule has 0 bridgehead atoms. The fourth-order valence-corrected chi connectivity index (χ4v) is 3.71. The van der Waals surface area contributed by atoms with E-state index in [0.717, 1.165) is 55.0 Å². The van der Waals surface area contributed by atoms with Gasteiger partial charge in [-0.05, 0) is 62.7 Å². The van der Waals surface area contributed by atoms with Crippen LogP contribution in [0, 0.1) is 0 Å². The molecule has 0 atom stereocenters. The summed E-state index contributed by atoms with van der Waals surface area (Å²) >= 11 is 0. The van der Waals surface area contributed by atoms with Crippen LogP contribution in [-0.4, -0.2) is 56.6 Å². The van der Waals surface area contributed by atoms with Crippen molar-refractivity contribution in [2.45, 2.75) is 53.4 Å². The van der Waals surface area contributed by atoms with Crippen molar-refractivity contribution >= 4 is 34.8 Å². The minimum absolute atomic E-state index is 0.341. The summed E-state index contributed by atoms with van der Waals surface area (Å²) in [6.07, 6.45) is 4.69. The molecular weight excluding hydrogens is 440 g/mol. The first-order chi connectivity index (χ1) is 17.0. The molecule has 0 spiro atoms. The zero-order valence-corrected chi connectivity index (χ0v) is 22.0. The lowest BCUT2D eigenvalue weighted by Gasteiger charge is -2.31. The van der Waals surface area contributed by atoms with Crippen LogP contribution < -0.4 is 20.9 Å². The van der Waals surface area contributed by atoms with E-state index in [9.17, 15) is 4.79 Å². The summed E-state index contributed by atoms with van der Waals surface area (Å²) in [4.78, 5) is 26.1. The second-order valence-electron chi connectivity index (χ2n) is 8.38. The van der Waals surface area contributed by atoms with E-state index in [1.807, 2.05) is 19.1 Å². The number of methoxy groups -OCH3 is 1. The average Bonchev–Trinajstić information content (AvgIpc) is 2.88. The van der Waals surface area contributed by atoms with E-state index in [1.54, 1.807) is 12.1 Å². The summed E-state index contributed by atoms with van der Waals surface area (Å²) in [5, 5.41) is 3.38. The summed E-state index contributed by atoms with van der Waals surface area (Å²) in [7, 11) is 1.38. The lowest BCUT2D eigenvalue weighted by atomic mass is 10.2. The van der Waals surface area contributed by atoms with Crippen molar-refractivity contribution in [1.29, 1.82) is 0 Å². The number of anilines is 3. The predicted octanol–water partition coefficient (Wildman–Crippen LogP) is 5.22. The Balaban J connectivity index is 0.00000137. The Morgan fingerprint density at radius 1 is 1.06 bits per heavy atom. The van der Waals surface area contributed by atoms with Crippen molar-refractivity contribution < 1.29 is 9.53 Å². The molecule has 192 valence electrons. The molecule has 1 aromatic carbocycles. The maximum atomic E-state index is 11.6. The van der Waals surface area contributed by atoms with E-state index in [2.05, 4.69) is 48.0 Å². The highest BCUT2D eigenvalue weighted by molar-refractivity contribution is 6.03. The Hall–Kier alpha value is -3.13. The molecule has 2 aromatic rings. The van der Waals surface area contributed by atoms with Gasteiger partial charge < -0.3 is 25.6 Å². The second kappa shape index (κ2) is 15.0. The Morgan fingerprint density at radius 2 is 1.69 bits per heavy atom. The first kappa shape index (κ1) is 28.1. The van der Waals surface area contributed by atoms with Crippen LogP contribution >= 0.6 is 0 Å². The van der Waals surface area contributed by atoms with E-state index in [1.165, 1.54) is 32.8 Å². The topological polar surface area (TPSA) is 96.1 Å². The SMILES string of the molecule is CCCCN(CCCC)c1ccc2c(n1)N(CC)CC(Nc1ccc(C(=O)OC)cc1)=N2.CCN. The molecule has 0 amide bonds. The molecule has 8 nitrogen and oxygen atoms in total. The molecule has 0 fully saturated rings. The third-order valence-corrected chi connectivity index (χ3v) is 5.60. The molecule has 1 aromatic heterocycles. The lowest BCUT2D eigenvalue weighted by molar-refractivity contribution is 0.0601. The first-order valence-corrected chi connectivity index (χ1v) is 12.7. The van der Waals surface area contributed by atoms with Gasteiger partial charge in [0.2, 0.25) is 0 Å². The van der Waals surface area contributed by atoms with E-state index < -0.39 is 0 Å². The van der Waals surface area contributed by atoms with Crippen molar-refractivity contribution in [1.82, 2.24) is 4.98 Å². The number of carbonyl (C=O) groups is 1. The van der Waals surface area contributed by atoms with Crippen molar-refractivity contribution in [3.8, 4) is 0 Å². The number of esters is 1. The monoisotopic (exact) mass is 482 g/mol. The van der Waals surface area contributed by atoms with Crippen LogP contribution in [0.25, 0.3) is 0 Å². The molecule has 3 N–H and O–H groups in total. The molecule has 2 heterocycles. The Labute approximate surface area is 210 Å². The van der Waals surface area contributed by atoms with Crippen LogP contribution in [0.3, 0.4) is 0 Å². The predicted molar refractivity (Wildman–Crippen MR) is 147 cm³/mol. The van der Waals surface area contributed by atoms with Gasteiger partial charge in [0.25, 0.3) is 0 Å². The van der Waals surface area contributed by atoms with E-state index in [0.29, 0.717) is 12.1 Å². The number of fused-ring (bicyclic) bond motifs is 1. The number of ether oxygens (including phenoxy) is 1. The van der Waals surface area contributed by atoms with Crippen LogP contribution in [0.5, 0.6) is 0 Å². The lowest BCUT2D eigenvalue weighted by Crippen LogP contribution is -2.37. The third-order valence-electron chi connectivity index (χ3n) is 5.60. The number of likely N-dealkylation sites (N-methyl/N-ethyl adjacent to an activating group) is 1. The summed E-state index contributed by atoms with van der Waals surface area (Å²) < 4.78 is 4.76. The molecule has 0 radical (unpaired) electrons. The smallest absolute Gasteiger partial charge is 0.337 e. The van der Waals surface area contributed by atoms with Gasteiger partial charge in [0.1, 0.15) is 17.3 Å². The van der Waals surface area contributed by atoms with Gasteiger partial charge >= 0.3 is 5.97 Å². The second-order valence-corrected chi connectivity index (χ2v) is 8.38. The van der Waals surface area contributed by atoms with Gasteiger partial charge in [0.05, 0.1) is 19.2 Å². The maximum absolute atomic E-state index is 11.6. The van der Waals surface area contributed by atoms with Gasteiger partial charge in [-0.15, -0.1) is 0 Å². The summed E-state index contributed by atoms with van der Waals surface area (Å²) in [6.45, 7) is 12.8. The maximum Gasteiger partial charge on any atom is 0.337 e. The number of pyridine rings is 1. The summed E-state index contributed by atoms with van der Waals surface area (Å²) in [6, 6.07) is 11.4. The largest absolute Gasteiger partial charge is 0.465 e. The number of aliphatic imine (C=N–C) groups is 1. The number of carbonyl (C=O) groups excluding carboxylic acids is 1. The Morgan fingerprint density at radius 3 is 2.23 bits per heavy atom. The number of hydrogen-bond donors (Lipinski definition) is 2. The highest BCUT2D eigenvalue weighted by atomic mass is 16.5. The van der Waals surface area contributed by atoms with E-state index in [-0.39, 0.29) is 5.97 Å². The number of benzene rings is 1.